The molecule has 2 amide bonds. The number of aromatic hydroxyl groups is 1. The Morgan fingerprint density at radius 1 is 0.875 bits per heavy atom. The number of rotatable bonds is 2. The molecule has 0 aliphatic carbocycles. The number of nitrogens with zero attached hydrogens (tertiary/aromatic N) is 2. The van der Waals surface area contributed by atoms with Crippen molar-refractivity contribution < 1.29 is 14.7 Å². The van der Waals surface area contributed by atoms with Crippen LogP contribution in [0, 0.1) is 6.92 Å². The molecular weight excluding hydrogens is 304 g/mol. The number of phenolic OH excluding ortho intramolecular Hbond substituents is 1. The highest BCUT2D eigenvalue weighted by molar-refractivity contribution is 5.97. The summed E-state index contributed by atoms with van der Waals surface area (Å²) >= 11 is 0. The fourth-order valence-electron chi connectivity index (χ4n) is 2.87. The normalized spacial score (nSPS) is 14.5. The lowest BCUT2D eigenvalue weighted by Gasteiger charge is -2.35. The van der Waals surface area contributed by atoms with Crippen LogP contribution in [0.25, 0.3) is 0 Å². The van der Waals surface area contributed by atoms with Crippen molar-refractivity contribution in [2.24, 2.45) is 0 Å². The zero-order valence-corrected chi connectivity index (χ0v) is 13.6. The molecule has 1 aliphatic rings. The van der Waals surface area contributed by atoms with Gasteiger partial charge in [-0.2, -0.15) is 0 Å². The van der Waals surface area contributed by atoms with Gasteiger partial charge in [0.15, 0.2) is 0 Å². The number of carbonyl (C=O) groups is 2. The predicted octanol–water partition coefficient (Wildman–Crippen LogP) is 2.30. The van der Waals surface area contributed by atoms with E-state index in [1.807, 2.05) is 31.2 Å². The van der Waals surface area contributed by atoms with E-state index in [1.165, 1.54) is 0 Å². The van der Waals surface area contributed by atoms with Crippen LogP contribution in [0.4, 0.5) is 0 Å². The molecular formula is C19H20N2O3. The van der Waals surface area contributed by atoms with Crippen LogP contribution < -0.4 is 0 Å². The number of piperazine rings is 1. The Kier molecular flexibility index (Phi) is 4.51. The molecule has 0 aromatic heterocycles. The predicted molar refractivity (Wildman–Crippen MR) is 91.1 cm³/mol. The molecule has 124 valence electrons. The van der Waals surface area contributed by atoms with E-state index in [0.29, 0.717) is 37.3 Å². The second kappa shape index (κ2) is 6.74. The minimum absolute atomic E-state index is 0.00258. The number of carbonyl (C=O) groups excluding carboxylic acids is 2. The summed E-state index contributed by atoms with van der Waals surface area (Å²) in [6.07, 6.45) is 0. The zero-order valence-electron chi connectivity index (χ0n) is 13.6. The molecule has 5 heteroatoms. The highest BCUT2D eigenvalue weighted by Gasteiger charge is 2.26. The van der Waals surface area contributed by atoms with Gasteiger partial charge in [-0.05, 0) is 36.8 Å². The Bertz CT molecular complexity index is 750. The van der Waals surface area contributed by atoms with Crippen molar-refractivity contribution in [3.8, 4) is 5.75 Å². The average Bonchev–Trinajstić information content (AvgIpc) is 2.61. The summed E-state index contributed by atoms with van der Waals surface area (Å²) in [5.74, 6) is -0.206. The number of hydrogen-bond donors (Lipinski definition) is 1. The molecule has 0 radical (unpaired) electrons. The van der Waals surface area contributed by atoms with Gasteiger partial charge in [0.2, 0.25) is 0 Å². The second-order valence-corrected chi connectivity index (χ2v) is 5.97. The van der Waals surface area contributed by atoms with E-state index in [1.54, 1.807) is 34.1 Å². The lowest BCUT2D eigenvalue weighted by Crippen LogP contribution is -2.50. The van der Waals surface area contributed by atoms with Crippen LogP contribution in [0.3, 0.4) is 0 Å². The van der Waals surface area contributed by atoms with Crippen molar-refractivity contribution in [2.45, 2.75) is 6.92 Å². The maximum absolute atomic E-state index is 12.5. The first kappa shape index (κ1) is 16.1. The van der Waals surface area contributed by atoms with Crippen LogP contribution >= 0.6 is 0 Å². The third-order valence-electron chi connectivity index (χ3n) is 4.26. The summed E-state index contributed by atoms with van der Waals surface area (Å²) in [7, 11) is 0. The molecule has 2 aromatic rings. The van der Waals surface area contributed by atoms with Crippen LogP contribution in [0.5, 0.6) is 5.75 Å². The van der Waals surface area contributed by atoms with Gasteiger partial charge in [-0.25, -0.2) is 0 Å². The maximum Gasteiger partial charge on any atom is 0.257 e. The summed E-state index contributed by atoms with van der Waals surface area (Å²) in [6, 6.07) is 14.2. The van der Waals surface area contributed by atoms with Gasteiger partial charge in [-0.15, -0.1) is 0 Å². The maximum atomic E-state index is 12.5. The average molecular weight is 324 g/mol. The van der Waals surface area contributed by atoms with Gasteiger partial charge in [-0.3, -0.25) is 9.59 Å². The van der Waals surface area contributed by atoms with Gasteiger partial charge in [0.05, 0.1) is 5.56 Å². The molecule has 5 nitrogen and oxygen atoms in total. The third-order valence-corrected chi connectivity index (χ3v) is 4.26. The van der Waals surface area contributed by atoms with Crippen LogP contribution in [0.15, 0.2) is 48.5 Å². The summed E-state index contributed by atoms with van der Waals surface area (Å²) < 4.78 is 0. The quantitative estimate of drug-likeness (QED) is 0.922. The Morgan fingerprint density at radius 2 is 1.46 bits per heavy atom. The number of hydrogen-bond acceptors (Lipinski definition) is 3. The van der Waals surface area contributed by atoms with E-state index in [-0.39, 0.29) is 17.6 Å². The Labute approximate surface area is 141 Å². The standard InChI is InChI=1S/C19H20N2O3/c1-14-7-8-16(17(22)13-14)19(24)21-11-9-20(10-12-21)18(23)15-5-3-2-4-6-15/h2-8,13,22H,9-12H2,1H3. The molecule has 24 heavy (non-hydrogen) atoms. The van der Waals surface area contributed by atoms with Gasteiger partial charge in [0.1, 0.15) is 5.75 Å². The van der Waals surface area contributed by atoms with E-state index in [9.17, 15) is 14.7 Å². The summed E-state index contributed by atoms with van der Waals surface area (Å²) in [6.45, 7) is 3.77. The van der Waals surface area contributed by atoms with E-state index in [2.05, 4.69) is 0 Å². The minimum Gasteiger partial charge on any atom is -0.507 e. The Balaban J connectivity index is 1.64. The highest BCUT2D eigenvalue weighted by atomic mass is 16.3. The highest BCUT2D eigenvalue weighted by Crippen LogP contribution is 2.21. The summed E-state index contributed by atoms with van der Waals surface area (Å²) in [5.41, 5.74) is 1.87. The van der Waals surface area contributed by atoms with Crippen LogP contribution in [-0.4, -0.2) is 52.9 Å². The SMILES string of the molecule is Cc1ccc(C(=O)N2CCN(C(=O)c3ccccc3)CC2)c(O)c1. The minimum atomic E-state index is -0.195. The first-order chi connectivity index (χ1) is 11.6. The number of amides is 2. The molecule has 1 aliphatic heterocycles. The fraction of sp³-hybridized carbons (Fsp3) is 0.263. The van der Waals surface area contributed by atoms with Crippen molar-refractivity contribution in [1.82, 2.24) is 9.80 Å². The topological polar surface area (TPSA) is 60.9 Å². The van der Waals surface area contributed by atoms with Gasteiger partial charge in [-0.1, -0.05) is 24.3 Å². The molecule has 1 fully saturated rings. The first-order valence-electron chi connectivity index (χ1n) is 7.99. The van der Waals surface area contributed by atoms with Crippen molar-refractivity contribution in [2.75, 3.05) is 26.2 Å². The zero-order chi connectivity index (χ0) is 17.1. The molecule has 0 bridgehead atoms. The van der Waals surface area contributed by atoms with Crippen molar-refractivity contribution in [3.63, 3.8) is 0 Å². The molecule has 0 unspecified atom stereocenters. The molecule has 1 saturated heterocycles. The molecule has 0 atom stereocenters. The number of phenols is 1. The molecule has 2 aromatic carbocycles. The van der Waals surface area contributed by atoms with E-state index >= 15 is 0 Å². The summed E-state index contributed by atoms with van der Waals surface area (Å²) in [5, 5.41) is 9.97. The Morgan fingerprint density at radius 3 is 2.04 bits per heavy atom. The van der Waals surface area contributed by atoms with Crippen LogP contribution in [0.2, 0.25) is 0 Å². The van der Waals surface area contributed by atoms with Gasteiger partial charge >= 0.3 is 0 Å². The van der Waals surface area contributed by atoms with Crippen molar-refractivity contribution in [1.29, 1.82) is 0 Å². The Hall–Kier alpha value is -2.82. The van der Waals surface area contributed by atoms with Crippen LogP contribution in [0.1, 0.15) is 26.3 Å². The molecule has 3 rings (SSSR count). The van der Waals surface area contributed by atoms with Crippen LogP contribution in [-0.2, 0) is 0 Å². The monoisotopic (exact) mass is 324 g/mol. The van der Waals surface area contributed by atoms with Gasteiger partial charge in [0.25, 0.3) is 11.8 Å². The van der Waals surface area contributed by atoms with Gasteiger partial charge in [0, 0.05) is 31.7 Å². The lowest BCUT2D eigenvalue weighted by molar-refractivity contribution is 0.0533. The van der Waals surface area contributed by atoms with E-state index in [4.69, 9.17) is 0 Å². The molecule has 1 heterocycles. The van der Waals surface area contributed by atoms with Crippen molar-refractivity contribution in [3.05, 3.63) is 65.2 Å². The smallest absolute Gasteiger partial charge is 0.257 e. The van der Waals surface area contributed by atoms with E-state index < -0.39 is 0 Å². The van der Waals surface area contributed by atoms with Gasteiger partial charge < -0.3 is 14.9 Å². The molecule has 1 N–H and O–H groups in total. The molecule has 0 spiro atoms. The largest absolute Gasteiger partial charge is 0.507 e. The third kappa shape index (κ3) is 3.25. The molecule has 0 saturated carbocycles. The first-order valence-corrected chi connectivity index (χ1v) is 7.99. The number of benzene rings is 2. The summed E-state index contributed by atoms with van der Waals surface area (Å²) in [4.78, 5) is 28.4. The lowest BCUT2D eigenvalue weighted by atomic mass is 10.1. The second-order valence-electron chi connectivity index (χ2n) is 5.97. The van der Waals surface area contributed by atoms with E-state index in [0.717, 1.165) is 5.56 Å². The number of aryl methyl sites for hydroxylation is 1. The van der Waals surface area contributed by atoms with Crippen molar-refractivity contribution >= 4 is 11.8 Å². The fourth-order valence-corrected chi connectivity index (χ4v) is 2.87.